The van der Waals surface area contributed by atoms with E-state index in [1.807, 2.05) is 32.0 Å². The number of hydrogen-bond acceptors (Lipinski definition) is 3. The van der Waals surface area contributed by atoms with Crippen molar-refractivity contribution in [3.63, 3.8) is 0 Å². The Kier molecular flexibility index (Phi) is 1.65. The second-order valence-electron chi connectivity index (χ2n) is 3.19. The molecule has 2 N–H and O–H groups in total. The highest BCUT2D eigenvalue weighted by Crippen LogP contribution is 2.14. The van der Waals surface area contributed by atoms with E-state index in [1.165, 1.54) is 5.56 Å². The molecule has 2 aromatic rings. The van der Waals surface area contributed by atoms with Crippen molar-refractivity contribution in [2.45, 2.75) is 13.8 Å². The third kappa shape index (κ3) is 1.33. The maximum absolute atomic E-state index is 5.66. The monoisotopic (exact) mass is 173 g/mol. The highest BCUT2D eigenvalue weighted by Gasteiger charge is 2.00. The van der Waals surface area contributed by atoms with Gasteiger partial charge in [-0.25, -0.2) is 9.97 Å². The largest absolute Gasteiger partial charge is 0.382 e. The van der Waals surface area contributed by atoms with Gasteiger partial charge in [0.05, 0.1) is 16.7 Å². The smallest absolute Gasteiger partial charge is 0.145 e. The van der Waals surface area contributed by atoms with Crippen LogP contribution in [0.1, 0.15) is 11.3 Å². The molecular formula is C10H11N3. The molecule has 0 fully saturated rings. The van der Waals surface area contributed by atoms with Crippen LogP contribution in [0.2, 0.25) is 0 Å². The lowest BCUT2D eigenvalue weighted by Gasteiger charge is -2.02. The lowest BCUT2D eigenvalue weighted by molar-refractivity contribution is 1.19. The number of aromatic nitrogens is 2. The summed E-state index contributed by atoms with van der Waals surface area (Å²) in [7, 11) is 0. The van der Waals surface area contributed by atoms with Crippen molar-refractivity contribution < 1.29 is 0 Å². The number of anilines is 1. The molecule has 1 heterocycles. The molecular weight excluding hydrogens is 162 g/mol. The Bertz CT molecular complexity index is 463. The Labute approximate surface area is 76.6 Å². The van der Waals surface area contributed by atoms with Crippen LogP contribution in [-0.4, -0.2) is 9.97 Å². The van der Waals surface area contributed by atoms with Crippen LogP contribution in [0.25, 0.3) is 11.0 Å². The lowest BCUT2D eigenvalue weighted by Crippen LogP contribution is -1.97. The van der Waals surface area contributed by atoms with E-state index in [4.69, 9.17) is 5.73 Å². The van der Waals surface area contributed by atoms with Crippen LogP contribution in [0.5, 0.6) is 0 Å². The average molecular weight is 173 g/mol. The molecule has 0 saturated heterocycles. The number of hydrogen-bond donors (Lipinski definition) is 1. The minimum Gasteiger partial charge on any atom is -0.382 e. The molecule has 0 saturated carbocycles. The van der Waals surface area contributed by atoms with Crippen molar-refractivity contribution in [3.05, 3.63) is 29.5 Å². The first-order chi connectivity index (χ1) is 6.16. The van der Waals surface area contributed by atoms with Gasteiger partial charge in [-0.2, -0.15) is 0 Å². The van der Waals surface area contributed by atoms with Crippen molar-refractivity contribution in [2.75, 3.05) is 5.73 Å². The maximum Gasteiger partial charge on any atom is 0.145 e. The predicted molar refractivity (Wildman–Crippen MR) is 53.4 cm³/mol. The van der Waals surface area contributed by atoms with E-state index >= 15 is 0 Å². The van der Waals surface area contributed by atoms with Gasteiger partial charge in [0.1, 0.15) is 5.82 Å². The van der Waals surface area contributed by atoms with E-state index < -0.39 is 0 Å². The molecule has 0 unspecified atom stereocenters. The Balaban J connectivity index is 2.81. The molecule has 0 amide bonds. The fourth-order valence-electron chi connectivity index (χ4n) is 1.27. The predicted octanol–water partition coefficient (Wildman–Crippen LogP) is 1.83. The summed E-state index contributed by atoms with van der Waals surface area (Å²) in [5.41, 5.74) is 9.39. The van der Waals surface area contributed by atoms with Gasteiger partial charge >= 0.3 is 0 Å². The SMILES string of the molecule is Cc1ccc2nc(C)c(N)nc2c1. The Morgan fingerprint density at radius 2 is 1.85 bits per heavy atom. The van der Waals surface area contributed by atoms with Gasteiger partial charge in [-0.05, 0) is 31.5 Å². The Morgan fingerprint density at radius 3 is 2.62 bits per heavy atom. The summed E-state index contributed by atoms with van der Waals surface area (Å²) in [4.78, 5) is 8.58. The van der Waals surface area contributed by atoms with Gasteiger partial charge in [-0.3, -0.25) is 0 Å². The van der Waals surface area contributed by atoms with Crippen LogP contribution in [0, 0.1) is 13.8 Å². The first-order valence-corrected chi connectivity index (χ1v) is 4.17. The normalized spacial score (nSPS) is 10.6. The molecule has 2 rings (SSSR count). The van der Waals surface area contributed by atoms with E-state index in [0.717, 1.165) is 16.7 Å². The third-order valence-corrected chi connectivity index (χ3v) is 2.03. The molecule has 0 spiro atoms. The molecule has 1 aromatic carbocycles. The van der Waals surface area contributed by atoms with Crippen molar-refractivity contribution in [1.29, 1.82) is 0 Å². The van der Waals surface area contributed by atoms with Crippen LogP contribution >= 0.6 is 0 Å². The molecule has 1 aromatic heterocycles. The zero-order chi connectivity index (χ0) is 9.42. The number of nitrogens with two attached hydrogens (primary N) is 1. The standard InChI is InChI=1S/C10H11N3/c1-6-3-4-8-9(5-6)13-10(11)7(2)12-8/h3-5H,1-2H3,(H2,11,13). The first kappa shape index (κ1) is 7.98. The second-order valence-corrected chi connectivity index (χ2v) is 3.19. The van der Waals surface area contributed by atoms with Gasteiger partial charge in [0.2, 0.25) is 0 Å². The van der Waals surface area contributed by atoms with E-state index in [9.17, 15) is 0 Å². The van der Waals surface area contributed by atoms with Crippen molar-refractivity contribution in [1.82, 2.24) is 9.97 Å². The van der Waals surface area contributed by atoms with E-state index in [0.29, 0.717) is 5.82 Å². The number of aryl methyl sites for hydroxylation is 2. The summed E-state index contributed by atoms with van der Waals surface area (Å²) >= 11 is 0. The van der Waals surface area contributed by atoms with Crippen molar-refractivity contribution in [3.8, 4) is 0 Å². The summed E-state index contributed by atoms with van der Waals surface area (Å²) < 4.78 is 0. The quantitative estimate of drug-likeness (QED) is 0.661. The fourth-order valence-corrected chi connectivity index (χ4v) is 1.27. The van der Waals surface area contributed by atoms with E-state index in [-0.39, 0.29) is 0 Å². The summed E-state index contributed by atoms with van der Waals surface area (Å²) in [6.07, 6.45) is 0. The molecule has 0 bridgehead atoms. The maximum atomic E-state index is 5.66. The fraction of sp³-hybridized carbons (Fsp3) is 0.200. The van der Waals surface area contributed by atoms with Gasteiger partial charge in [0.15, 0.2) is 0 Å². The molecule has 13 heavy (non-hydrogen) atoms. The number of nitrogen functional groups attached to an aromatic ring is 1. The molecule has 0 aliphatic rings. The van der Waals surface area contributed by atoms with Crippen LogP contribution < -0.4 is 5.73 Å². The average Bonchev–Trinajstić information content (AvgIpc) is 2.08. The van der Waals surface area contributed by atoms with E-state index in [1.54, 1.807) is 0 Å². The summed E-state index contributed by atoms with van der Waals surface area (Å²) in [5, 5.41) is 0. The zero-order valence-electron chi connectivity index (χ0n) is 7.70. The number of benzene rings is 1. The van der Waals surface area contributed by atoms with Crippen molar-refractivity contribution in [2.24, 2.45) is 0 Å². The van der Waals surface area contributed by atoms with Gasteiger partial charge in [0.25, 0.3) is 0 Å². The number of nitrogens with zero attached hydrogens (tertiary/aromatic N) is 2. The highest BCUT2D eigenvalue weighted by atomic mass is 14.9. The minimum atomic E-state index is 0.512. The third-order valence-electron chi connectivity index (χ3n) is 2.03. The molecule has 66 valence electrons. The van der Waals surface area contributed by atoms with Crippen molar-refractivity contribution >= 4 is 16.9 Å². The molecule has 3 nitrogen and oxygen atoms in total. The molecule has 0 aliphatic carbocycles. The Morgan fingerprint density at radius 1 is 1.08 bits per heavy atom. The van der Waals surface area contributed by atoms with Crippen LogP contribution in [0.4, 0.5) is 5.82 Å². The van der Waals surface area contributed by atoms with Gasteiger partial charge in [-0.1, -0.05) is 6.07 Å². The van der Waals surface area contributed by atoms with Gasteiger partial charge in [-0.15, -0.1) is 0 Å². The molecule has 0 radical (unpaired) electrons. The summed E-state index contributed by atoms with van der Waals surface area (Å²) in [6, 6.07) is 5.97. The summed E-state index contributed by atoms with van der Waals surface area (Å²) in [5.74, 6) is 0.512. The molecule has 3 heteroatoms. The second kappa shape index (κ2) is 2.69. The molecule has 0 aliphatic heterocycles. The lowest BCUT2D eigenvalue weighted by atomic mass is 10.2. The number of fused-ring (bicyclic) bond motifs is 1. The van der Waals surface area contributed by atoms with E-state index in [2.05, 4.69) is 9.97 Å². The minimum absolute atomic E-state index is 0.512. The molecule has 0 atom stereocenters. The topological polar surface area (TPSA) is 51.8 Å². The van der Waals surface area contributed by atoms with Crippen LogP contribution in [-0.2, 0) is 0 Å². The van der Waals surface area contributed by atoms with Gasteiger partial charge in [0, 0.05) is 0 Å². The zero-order valence-corrected chi connectivity index (χ0v) is 7.70. The Hall–Kier alpha value is -1.64. The summed E-state index contributed by atoms with van der Waals surface area (Å²) in [6.45, 7) is 3.89. The first-order valence-electron chi connectivity index (χ1n) is 4.17. The van der Waals surface area contributed by atoms with Crippen LogP contribution in [0.15, 0.2) is 18.2 Å². The van der Waals surface area contributed by atoms with Gasteiger partial charge < -0.3 is 5.73 Å². The number of rotatable bonds is 0. The van der Waals surface area contributed by atoms with Crippen LogP contribution in [0.3, 0.4) is 0 Å². The highest BCUT2D eigenvalue weighted by molar-refractivity contribution is 5.76.